The summed E-state index contributed by atoms with van der Waals surface area (Å²) in [5.74, 6) is 0.958. The molecule has 0 saturated carbocycles. The fourth-order valence-electron chi connectivity index (χ4n) is 3.55. The van der Waals surface area contributed by atoms with E-state index in [2.05, 4.69) is 12.1 Å². The van der Waals surface area contributed by atoms with Crippen molar-refractivity contribution in [3.63, 3.8) is 0 Å². The number of carbonyl (C=O) groups excluding carboxylic acids is 1. The first-order valence-corrected chi connectivity index (χ1v) is 8.98. The lowest BCUT2D eigenvalue weighted by Crippen LogP contribution is -2.46. The molecule has 4 nitrogen and oxygen atoms in total. The number of rotatable bonds is 4. The van der Waals surface area contributed by atoms with Gasteiger partial charge in [-0.05, 0) is 30.0 Å². The second-order valence-corrected chi connectivity index (χ2v) is 6.74. The number of benzene rings is 2. The fourth-order valence-corrected chi connectivity index (χ4v) is 3.55. The van der Waals surface area contributed by atoms with E-state index in [-0.39, 0.29) is 18.1 Å². The normalized spacial score (nSPS) is 20.2. The number of ether oxygens (including phenoxy) is 2. The minimum atomic E-state index is -0.362. The largest absolute Gasteiger partial charge is 0.480 e. The maximum absolute atomic E-state index is 12.7. The molecule has 0 N–H and O–H groups in total. The number of nitrogens with zero attached hydrogens (tertiary/aromatic N) is 1. The van der Waals surface area contributed by atoms with Gasteiger partial charge >= 0.3 is 0 Å². The first-order chi connectivity index (χ1) is 12.3. The Morgan fingerprint density at radius 3 is 2.52 bits per heavy atom. The summed E-state index contributed by atoms with van der Waals surface area (Å²) in [7, 11) is 0. The van der Waals surface area contributed by atoms with Crippen molar-refractivity contribution in [2.24, 2.45) is 0 Å². The van der Waals surface area contributed by atoms with Gasteiger partial charge in [0.1, 0.15) is 5.75 Å². The highest BCUT2D eigenvalue weighted by molar-refractivity contribution is 5.82. The minimum absolute atomic E-state index is 0.109. The molecule has 25 heavy (non-hydrogen) atoms. The molecule has 4 rings (SSSR count). The van der Waals surface area contributed by atoms with Crippen LogP contribution in [0.5, 0.6) is 5.75 Å². The number of fused-ring (bicyclic) bond motifs is 1. The van der Waals surface area contributed by atoms with Crippen LogP contribution in [0.25, 0.3) is 0 Å². The third-order valence-electron chi connectivity index (χ3n) is 5.00. The molecule has 2 heterocycles. The Kier molecular flexibility index (Phi) is 4.70. The highest BCUT2D eigenvalue weighted by Gasteiger charge is 2.34. The zero-order valence-corrected chi connectivity index (χ0v) is 14.3. The van der Waals surface area contributed by atoms with Crippen LogP contribution < -0.4 is 4.74 Å². The average molecular weight is 337 g/mol. The molecule has 0 bridgehead atoms. The Hall–Kier alpha value is -2.33. The van der Waals surface area contributed by atoms with Crippen LogP contribution in [0.3, 0.4) is 0 Å². The molecule has 0 aliphatic carbocycles. The molecule has 2 aliphatic rings. The number of hydrogen-bond acceptors (Lipinski definition) is 3. The molecule has 130 valence electrons. The van der Waals surface area contributed by atoms with Crippen LogP contribution in [-0.4, -0.2) is 36.1 Å². The predicted molar refractivity (Wildman–Crippen MR) is 95.4 cm³/mol. The van der Waals surface area contributed by atoms with Crippen LogP contribution in [0, 0.1) is 0 Å². The van der Waals surface area contributed by atoms with E-state index in [4.69, 9.17) is 9.47 Å². The molecule has 4 heteroatoms. The lowest BCUT2D eigenvalue weighted by atomic mass is 10.1. The van der Waals surface area contributed by atoms with Crippen LogP contribution in [-0.2, 0) is 22.6 Å². The second-order valence-electron chi connectivity index (χ2n) is 6.74. The van der Waals surface area contributed by atoms with Crippen LogP contribution in [0.15, 0.2) is 54.6 Å². The number of carbonyl (C=O) groups is 1. The van der Waals surface area contributed by atoms with Crippen molar-refractivity contribution in [1.82, 2.24) is 4.90 Å². The van der Waals surface area contributed by atoms with Gasteiger partial charge in [0.05, 0.1) is 12.7 Å². The summed E-state index contributed by atoms with van der Waals surface area (Å²) in [6.07, 6.45) is 2.32. The molecular weight excluding hydrogens is 314 g/mol. The Labute approximate surface area is 148 Å². The van der Waals surface area contributed by atoms with Gasteiger partial charge in [-0.2, -0.15) is 0 Å². The number of para-hydroxylation sites is 1. The van der Waals surface area contributed by atoms with Crippen molar-refractivity contribution in [3.8, 4) is 5.75 Å². The molecular formula is C21H23NO3. The predicted octanol–water partition coefficient (Wildman–Crippen LogP) is 3.20. The van der Waals surface area contributed by atoms with E-state index in [1.807, 2.05) is 47.4 Å². The molecule has 0 unspecified atom stereocenters. The van der Waals surface area contributed by atoms with E-state index in [0.29, 0.717) is 13.0 Å². The smallest absolute Gasteiger partial charge is 0.263 e. The van der Waals surface area contributed by atoms with Gasteiger partial charge in [-0.25, -0.2) is 0 Å². The van der Waals surface area contributed by atoms with Crippen LogP contribution in [0.1, 0.15) is 24.0 Å². The van der Waals surface area contributed by atoms with Gasteiger partial charge in [0.2, 0.25) is 0 Å². The Bertz CT molecular complexity index is 698. The fraction of sp³-hybridized carbons (Fsp3) is 0.381. The average Bonchev–Trinajstić information content (AvgIpc) is 3.11. The quantitative estimate of drug-likeness (QED) is 0.860. The maximum Gasteiger partial charge on any atom is 0.263 e. The summed E-state index contributed by atoms with van der Waals surface area (Å²) >= 11 is 0. The SMILES string of the molecule is O=C([C@H]1Cc2ccccc2O1)N1CCC(OCc2ccccc2)CC1. The van der Waals surface area contributed by atoms with E-state index in [1.165, 1.54) is 5.56 Å². The number of piperidine rings is 1. The van der Waals surface area contributed by atoms with E-state index in [0.717, 1.165) is 37.2 Å². The zero-order chi connectivity index (χ0) is 17.1. The van der Waals surface area contributed by atoms with Crippen molar-refractivity contribution in [1.29, 1.82) is 0 Å². The summed E-state index contributed by atoms with van der Waals surface area (Å²) in [5, 5.41) is 0. The van der Waals surface area contributed by atoms with Crippen molar-refractivity contribution in [2.75, 3.05) is 13.1 Å². The highest BCUT2D eigenvalue weighted by atomic mass is 16.5. The van der Waals surface area contributed by atoms with E-state index < -0.39 is 0 Å². The number of hydrogen-bond donors (Lipinski definition) is 0. The summed E-state index contributed by atoms with van der Waals surface area (Å²) < 4.78 is 11.8. The van der Waals surface area contributed by atoms with Gasteiger partial charge in [-0.15, -0.1) is 0 Å². The van der Waals surface area contributed by atoms with Gasteiger partial charge in [0.25, 0.3) is 5.91 Å². The number of likely N-dealkylation sites (tertiary alicyclic amines) is 1. The summed E-state index contributed by atoms with van der Waals surface area (Å²) in [4.78, 5) is 14.6. The third kappa shape index (κ3) is 3.69. The lowest BCUT2D eigenvalue weighted by molar-refractivity contribution is -0.140. The minimum Gasteiger partial charge on any atom is -0.480 e. The summed E-state index contributed by atoms with van der Waals surface area (Å²) in [6.45, 7) is 2.13. The topological polar surface area (TPSA) is 38.8 Å². The van der Waals surface area contributed by atoms with Crippen LogP contribution in [0.2, 0.25) is 0 Å². The molecule has 0 radical (unpaired) electrons. The molecule has 2 aliphatic heterocycles. The zero-order valence-electron chi connectivity index (χ0n) is 14.3. The highest BCUT2D eigenvalue weighted by Crippen LogP contribution is 2.29. The Morgan fingerprint density at radius 1 is 1.04 bits per heavy atom. The first kappa shape index (κ1) is 16.2. The van der Waals surface area contributed by atoms with E-state index in [9.17, 15) is 4.79 Å². The van der Waals surface area contributed by atoms with Gasteiger partial charge < -0.3 is 14.4 Å². The molecule has 2 aromatic carbocycles. The molecule has 0 spiro atoms. The Balaban J connectivity index is 1.25. The van der Waals surface area contributed by atoms with Gasteiger partial charge in [0, 0.05) is 19.5 Å². The van der Waals surface area contributed by atoms with Gasteiger partial charge in [-0.1, -0.05) is 48.5 Å². The number of amides is 1. The van der Waals surface area contributed by atoms with Crippen molar-refractivity contribution >= 4 is 5.91 Å². The summed E-state index contributed by atoms with van der Waals surface area (Å²) in [6, 6.07) is 18.1. The van der Waals surface area contributed by atoms with Crippen molar-refractivity contribution < 1.29 is 14.3 Å². The Morgan fingerprint density at radius 2 is 1.76 bits per heavy atom. The molecule has 0 aromatic heterocycles. The monoisotopic (exact) mass is 337 g/mol. The van der Waals surface area contributed by atoms with Crippen molar-refractivity contribution in [3.05, 3.63) is 65.7 Å². The first-order valence-electron chi connectivity index (χ1n) is 8.98. The lowest BCUT2D eigenvalue weighted by Gasteiger charge is -2.33. The second kappa shape index (κ2) is 7.28. The van der Waals surface area contributed by atoms with Crippen LogP contribution in [0.4, 0.5) is 0 Å². The van der Waals surface area contributed by atoms with E-state index >= 15 is 0 Å². The van der Waals surface area contributed by atoms with Gasteiger partial charge in [0.15, 0.2) is 6.10 Å². The van der Waals surface area contributed by atoms with Gasteiger partial charge in [-0.3, -0.25) is 4.79 Å². The molecule has 2 aromatic rings. The molecule has 1 atom stereocenters. The molecule has 1 amide bonds. The van der Waals surface area contributed by atoms with Crippen molar-refractivity contribution in [2.45, 2.75) is 38.1 Å². The third-order valence-corrected chi connectivity index (χ3v) is 5.00. The molecule has 1 fully saturated rings. The molecule has 1 saturated heterocycles. The van der Waals surface area contributed by atoms with E-state index in [1.54, 1.807) is 0 Å². The van der Waals surface area contributed by atoms with Crippen LogP contribution >= 0.6 is 0 Å². The standard InChI is InChI=1S/C21H23NO3/c23-21(20-14-17-8-4-5-9-19(17)25-20)22-12-10-18(11-13-22)24-15-16-6-2-1-3-7-16/h1-9,18,20H,10-15H2/t20-/m1/s1. The maximum atomic E-state index is 12.7. The summed E-state index contributed by atoms with van der Waals surface area (Å²) in [5.41, 5.74) is 2.32.